The third-order valence-corrected chi connectivity index (χ3v) is 3.34. The van der Waals surface area contributed by atoms with E-state index in [0.717, 1.165) is 49.9 Å². The summed E-state index contributed by atoms with van der Waals surface area (Å²) in [5.41, 5.74) is 0.794. The Morgan fingerprint density at radius 1 is 1.26 bits per heavy atom. The Morgan fingerprint density at radius 3 is 2.79 bits per heavy atom. The van der Waals surface area contributed by atoms with Gasteiger partial charge in [0.1, 0.15) is 5.82 Å². The molecule has 0 radical (unpaired) electrons. The molecule has 0 aliphatic carbocycles. The van der Waals surface area contributed by atoms with Gasteiger partial charge in [0.15, 0.2) is 5.82 Å². The lowest BCUT2D eigenvalue weighted by Crippen LogP contribution is -2.25. The molecule has 1 N–H and O–H groups in total. The van der Waals surface area contributed by atoms with E-state index in [2.05, 4.69) is 39.2 Å². The van der Waals surface area contributed by atoms with Gasteiger partial charge in [0.05, 0.1) is 0 Å². The molecule has 0 saturated heterocycles. The molecule has 0 saturated carbocycles. The lowest BCUT2D eigenvalue weighted by Gasteiger charge is -2.17. The monoisotopic (exact) mass is 262 g/mol. The van der Waals surface area contributed by atoms with E-state index in [1.165, 1.54) is 0 Å². The standard InChI is InChI=1S/C13H22N6/c1-4-18(5-2)9-6-7-14-12-13-17-16-11(3)19(13)10-8-15-12/h8,10H,4-7,9H2,1-3H3,(H,14,15). The zero-order valence-corrected chi connectivity index (χ0v) is 11.9. The van der Waals surface area contributed by atoms with Crippen molar-refractivity contribution in [3.05, 3.63) is 18.2 Å². The maximum atomic E-state index is 4.33. The van der Waals surface area contributed by atoms with Crippen LogP contribution < -0.4 is 5.32 Å². The van der Waals surface area contributed by atoms with Crippen molar-refractivity contribution >= 4 is 11.5 Å². The van der Waals surface area contributed by atoms with E-state index in [0.29, 0.717) is 0 Å². The predicted octanol–water partition coefficient (Wildman–Crippen LogP) is 1.58. The normalized spacial score (nSPS) is 11.4. The van der Waals surface area contributed by atoms with Crippen molar-refractivity contribution in [3.8, 4) is 0 Å². The molecular weight excluding hydrogens is 240 g/mol. The fourth-order valence-electron chi connectivity index (χ4n) is 2.12. The lowest BCUT2D eigenvalue weighted by atomic mass is 10.3. The fourth-order valence-corrected chi connectivity index (χ4v) is 2.12. The Balaban J connectivity index is 1.91. The number of fused-ring (bicyclic) bond motifs is 1. The van der Waals surface area contributed by atoms with Crippen LogP contribution in [0.4, 0.5) is 5.82 Å². The SMILES string of the molecule is CCN(CC)CCCNc1nccn2c(C)nnc12. The molecule has 0 fully saturated rings. The summed E-state index contributed by atoms with van der Waals surface area (Å²) in [4.78, 5) is 6.74. The van der Waals surface area contributed by atoms with E-state index < -0.39 is 0 Å². The van der Waals surface area contributed by atoms with E-state index >= 15 is 0 Å². The number of nitrogens with zero attached hydrogens (tertiary/aromatic N) is 5. The van der Waals surface area contributed by atoms with Gasteiger partial charge in [0, 0.05) is 18.9 Å². The van der Waals surface area contributed by atoms with Gasteiger partial charge in [-0.15, -0.1) is 10.2 Å². The predicted molar refractivity (Wildman–Crippen MR) is 76.4 cm³/mol. The minimum absolute atomic E-state index is 0.794. The molecule has 2 aromatic heterocycles. The van der Waals surface area contributed by atoms with Crippen LogP contribution in [0.2, 0.25) is 0 Å². The van der Waals surface area contributed by atoms with E-state index in [1.54, 1.807) is 6.20 Å². The summed E-state index contributed by atoms with van der Waals surface area (Å²) < 4.78 is 1.94. The Hall–Kier alpha value is -1.69. The average Bonchev–Trinajstić information content (AvgIpc) is 2.82. The highest BCUT2D eigenvalue weighted by molar-refractivity contribution is 5.61. The number of anilines is 1. The molecule has 2 heterocycles. The molecule has 0 aromatic carbocycles. The molecule has 104 valence electrons. The quantitative estimate of drug-likeness (QED) is 0.768. The number of hydrogen-bond donors (Lipinski definition) is 1. The molecule has 0 aliphatic rings. The third-order valence-electron chi connectivity index (χ3n) is 3.34. The molecule has 6 heteroatoms. The molecule has 0 unspecified atom stereocenters. The van der Waals surface area contributed by atoms with Gasteiger partial charge >= 0.3 is 0 Å². The second-order valence-corrected chi connectivity index (χ2v) is 4.52. The minimum Gasteiger partial charge on any atom is -0.367 e. The molecular formula is C13H22N6. The summed E-state index contributed by atoms with van der Waals surface area (Å²) >= 11 is 0. The van der Waals surface area contributed by atoms with Crippen LogP contribution in [0, 0.1) is 6.92 Å². The van der Waals surface area contributed by atoms with Crippen molar-refractivity contribution in [1.29, 1.82) is 0 Å². The Labute approximate surface area is 113 Å². The Morgan fingerprint density at radius 2 is 2.05 bits per heavy atom. The smallest absolute Gasteiger partial charge is 0.203 e. The maximum absolute atomic E-state index is 4.33. The minimum atomic E-state index is 0.794. The molecule has 0 bridgehead atoms. The van der Waals surface area contributed by atoms with E-state index in [9.17, 15) is 0 Å². The van der Waals surface area contributed by atoms with Crippen LogP contribution in [0.1, 0.15) is 26.1 Å². The number of aryl methyl sites for hydroxylation is 1. The molecule has 0 aliphatic heterocycles. The van der Waals surface area contributed by atoms with Gasteiger partial charge in [-0.05, 0) is 33.0 Å². The van der Waals surface area contributed by atoms with Gasteiger partial charge in [-0.3, -0.25) is 4.40 Å². The summed E-state index contributed by atoms with van der Waals surface area (Å²) in [6.45, 7) is 10.5. The highest BCUT2D eigenvalue weighted by atomic mass is 15.3. The van der Waals surface area contributed by atoms with E-state index in [1.807, 2.05) is 17.5 Å². The van der Waals surface area contributed by atoms with Gasteiger partial charge in [-0.1, -0.05) is 13.8 Å². The summed E-state index contributed by atoms with van der Waals surface area (Å²) in [5, 5.41) is 11.5. The molecule has 0 spiro atoms. The zero-order valence-electron chi connectivity index (χ0n) is 11.9. The first-order chi connectivity index (χ1) is 9.26. The van der Waals surface area contributed by atoms with Crippen LogP contribution in [0.5, 0.6) is 0 Å². The van der Waals surface area contributed by atoms with Crippen molar-refractivity contribution in [3.63, 3.8) is 0 Å². The summed E-state index contributed by atoms with van der Waals surface area (Å²) in [6.07, 6.45) is 4.75. The molecule has 0 atom stereocenters. The molecule has 0 amide bonds. The van der Waals surface area contributed by atoms with Crippen LogP contribution in [0.3, 0.4) is 0 Å². The van der Waals surface area contributed by atoms with Gasteiger partial charge < -0.3 is 10.2 Å². The van der Waals surface area contributed by atoms with Crippen LogP contribution >= 0.6 is 0 Å². The number of aromatic nitrogens is 4. The van der Waals surface area contributed by atoms with Crippen molar-refractivity contribution in [1.82, 2.24) is 24.5 Å². The van der Waals surface area contributed by atoms with Crippen LogP contribution in [0.25, 0.3) is 5.65 Å². The van der Waals surface area contributed by atoms with Gasteiger partial charge in [-0.2, -0.15) is 0 Å². The Bertz CT molecular complexity index is 517. The topological polar surface area (TPSA) is 58.4 Å². The van der Waals surface area contributed by atoms with Crippen molar-refractivity contribution in [2.24, 2.45) is 0 Å². The third kappa shape index (κ3) is 3.20. The molecule has 19 heavy (non-hydrogen) atoms. The largest absolute Gasteiger partial charge is 0.367 e. The average molecular weight is 262 g/mol. The summed E-state index contributed by atoms with van der Waals surface area (Å²) in [6, 6.07) is 0. The van der Waals surface area contributed by atoms with Crippen LogP contribution in [-0.2, 0) is 0 Å². The van der Waals surface area contributed by atoms with Crippen LogP contribution in [-0.4, -0.2) is 50.7 Å². The second-order valence-electron chi connectivity index (χ2n) is 4.52. The number of rotatable bonds is 7. The van der Waals surface area contributed by atoms with Crippen molar-refractivity contribution in [2.45, 2.75) is 27.2 Å². The van der Waals surface area contributed by atoms with Crippen molar-refractivity contribution < 1.29 is 0 Å². The van der Waals surface area contributed by atoms with Crippen LogP contribution in [0.15, 0.2) is 12.4 Å². The first-order valence-corrected chi connectivity index (χ1v) is 6.88. The van der Waals surface area contributed by atoms with E-state index in [-0.39, 0.29) is 0 Å². The number of nitrogens with one attached hydrogen (secondary N) is 1. The lowest BCUT2D eigenvalue weighted by molar-refractivity contribution is 0.303. The molecule has 2 aromatic rings. The zero-order chi connectivity index (χ0) is 13.7. The van der Waals surface area contributed by atoms with Crippen molar-refractivity contribution in [2.75, 3.05) is 31.5 Å². The maximum Gasteiger partial charge on any atom is 0.203 e. The van der Waals surface area contributed by atoms with Gasteiger partial charge in [0.25, 0.3) is 0 Å². The molecule has 6 nitrogen and oxygen atoms in total. The Kier molecular flexibility index (Phi) is 4.68. The number of hydrogen-bond acceptors (Lipinski definition) is 5. The highest BCUT2D eigenvalue weighted by Gasteiger charge is 2.06. The van der Waals surface area contributed by atoms with E-state index in [4.69, 9.17) is 0 Å². The first-order valence-electron chi connectivity index (χ1n) is 6.88. The van der Waals surface area contributed by atoms with Gasteiger partial charge in [-0.25, -0.2) is 4.98 Å². The second kappa shape index (κ2) is 6.47. The first kappa shape index (κ1) is 13.7. The van der Waals surface area contributed by atoms with Gasteiger partial charge in [0.2, 0.25) is 5.65 Å². The fraction of sp³-hybridized carbons (Fsp3) is 0.615. The summed E-state index contributed by atoms with van der Waals surface area (Å²) in [7, 11) is 0. The molecule has 2 rings (SSSR count). The highest BCUT2D eigenvalue weighted by Crippen LogP contribution is 2.11. The summed E-state index contributed by atoms with van der Waals surface area (Å²) in [5.74, 6) is 1.69.